The van der Waals surface area contributed by atoms with Gasteiger partial charge in [0.15, 0.2) is 6.21 Å². The molecule has 0 atom stereocenters. The Balaban J connectivity index is 1.76. The van der Waals surface area contributed by atoms with Gasteiger partial charge >= 0.3 is 0 Å². The van der Waals surface area contributed by atoms with Crippen molar-refractivity contribution in [1.29, 1.82) is 0 Å². The van der Waals surface area contributed by atoms with Crippen LogP contribution in [0, 0.1) is 0 Å². The summed E-state index contributed by atoms with van der Waals surface area (Å²) in [5, 5.41) is 4.17. The topological polar surface area (TPSA) is 26.0 Å². The minimum Gasteiger partial charge on any atom is -0.361 e. The highest BCUT2D eigenvalue weighted by Crippen LogP contribution is 2.31. The predicted molar refractivity (Wildman–Crippen MR) is 98.0 cm³/mol. The maximum absolute atomic E-state index is 6.58. The smallest absolute Gasteiger partial charge is 0.203 e. The molecule has 23 heavy (non-hydrogen) atoms. The fourth-order valence-corrected chi connectivity index (χ4v) is 2.87. The van der Waals surface area contributed by atoms with Crippen molar-refractivity contribution in [1.82, 2.24) is 0 Å². The molecular formula is C20H20ClN2+. The molecule has 1 aliphatic carbocycles. The molecule has 0 amide bonds. The van der Waals surface area contributed by atoms with E-state index in [9.17, 15) is 0 Å². The van der Waals surface area contributed by atoms with Gasteiger partial charge in [-0.15, -0.1) is 0 Å². The van der Waals surface area contributed by atoms with Gasteiger partial charge in [-0.2, -0.15) is 0 Å². The molecule has 0 saturated carbocycles. The molecule has 0 aromatic heterocycles. The molecule has 0 bridgehead atoms. The van der Waals surface area contributed by atoms with Gasteiger partial charge in [-0.25, -0.2) is 4.99 Å². The lowest BCUT2D eigenvalue weighted by Crippen LogP contribution is -2.61. The quantitative estimate of drug-likeness (QED) is 0.812. The first-order valence-corrected chi connectivity index (χ1v) is 8.25. The van der Waals surface area contributed by atoms with Crippen molar-refractivity contribution >= 4 is 29.2 Å². The number of halogens is 1. The summed E-state index contributed by atoms with van der Waals surface area (Å²) in [6.07, 6.45) is 7.16. The van der Waals surface area contributed by atoms with E-state index in [0.717, 1.165) is 46.8 Å². The van der Waals surface area contributed by atoms with Crippen LogP contribution in [-0.2, 0) is 0 Å². The molecule has 3 heteroatoms. The Hall–Kier alpha value is -2.32. The lowest BCUT2D eigenvalue weighted by atomic mass is 9.96. The van der Waals surface area contributed by atoms with Crippen molar-refractivity contribution in [2.45, 2.75) is 19.3 Å². The SMILES string of the molecule is ClC1=C(C=[NH+]c2ccccc2)CCC/C1=C/Nc1ccccc1. The molecule has 2 aromatic rings. The summed E-state index contributed by atoms with van der Waals surface area (Å²) in [7, 11) is 0. The highest BCUT2D eigenvalue weighted by atomic mass is 35.5. The van der Waals surface area contributed by atoms with E-state index in [1.807, 2.05) is 73.1 Å². The molecule has 0 fully saturated rings. The second-order valence-electron chi connectivity index (χ2n) is 5.53. The van der Waals surface area contributed by atoms with Gasteiger partial charge in [0.1, 0.15) is 0 Å². The molecule has 0 spiro atoms. The third-order valence-corrected chi connectivity index (χ3v) is 4.32. The Bertz CT molecular complexity index is 731. The first-order chi connectivity index (χ1) is 11.3. The number of para-hydroxylation sites is 2. The van der Waals surface area contributed by atoms with Crippen LogP contribution in [0.4, 0.5) is 11.4 Å². The number of rotatable bonds is 4. The third kappa shape index (κ3) is 4.33. The summed E-state index contributed by atoms with van der Waals surface area (Å²) in [6, 6.07) is 20.3. The highest BCUT2D eigenvalue weighted by Gasteiger charge is 2.16. The summed E-state index contributed by atoms with van der Waals surface area (Å²) >= 11 is 6.58. The van der Waals surface area contributed by atoms with Crippen LogP contribution >= 0.6 is 11.6 Å². The molecule has 0 unspecified atom stereocenters. The maximum atomic E-state index is 6.58. The monoisotopic (exact) mass is 323 g/mol. The van der Waals surface area contributed by atoms with Gasteiger partial charge in [-0.05, 0) is 37.0 Å². The van der Waals surface area contributed by atoms with Gasteiger partial charge in [0.25, 0.3) is 0 Å². The highest BCUT2D eigenvalue weighted by molar-refractivity contribution is 6.33. The van der Waals surface area contributed by atoms with E-state index in [1.165, 1.54) is 0 Å². The number of allylic oxidation sites excluding steroid dienone is 3. The van der Waals surface area contributed by atoms with E-state index < -0.39 is 0 Å². The van der Waals surface area contributed by atoms with E-state index in [-0.39, 0.29) is 0 Å². The number of hydrogen-bond donors (Lipinski definition) is 2. The van der Waals surface area contributed by atoms with Crippen LogP contribution in [-0.4, -0.2) is 6.21 Å². The third-order valence-electron chi connectivity index (χ3n) is 3.83. The lowest BCUT2D eigenvalue weighted by Gasteiger charge is -2.15. The van der Waals surface area contributed by atoms with Gasteiger partial charge in [-0.1, -0.05) is 48.0 Å². The fraction of sp³-hybridized carbons (Fsp3) is 0.150. The summed E-state index contributed by atoms with van der Waals surface area (Å²) in [4.78, 5) is 3.32. The van der Waals surface area contributed by atoms with E-state index in [1.54, 1.807) is 0 Å². The lowest BCUT2D eigenvalue weighted by molar-refractivity contribution is -0.347. The molecule has 1 aliphatic rings. The molecule has 3 rings (SSSR count). The van der Waals surface area contributed by atoms with Gasteiger partial charge in [0, 0.05) is 29.6 Å². The molecule has 0 aliphatic heterocycles. The van der Waals surface area contributed by atoms with Gasteiger partial charge < -0.3 is 5.32 Å². The molecule has 2 nitrogen and oxygen atoms in total. The Labute approximate surface area is 142 Å². The summed E-state index contributed by atoms with van der Waals surface area (Å²) < 4.78 is 0. The molecule has 2 aromatic carbocycles. The van der Waals surface area contributed by atoms with Crippen LogP contribution in [0.5, 0.6) is 0 Å². The Kier molecular flexibility index (Phi) is 5.28. The van der Waals surface area contributed by atoms with Crippen LogP contribution in [0.2, 0.25) is 0 Å². The zero-order valence-corrected chi connectivity index (χ0v) is 13.7. The largest absolute Gasteiger partial charge is 0.361 e. The van der Waals surface area contributed by atoms with E-state index in [0.29, 0.717) is 0 Å². The number of nitrogens with one attached hydrogen (secondary N) is 2. The number of hydrogen-bond acceptors (Lipinski definition) is 1. The zero-order valence-electron chi connectivity index (χ0n) is 12.9. The Morgan fingerprint density at radius 2 is 1.61 bits per heavy atom. The zero-order chi connectivity index (χ0) is 15.9. The van der Waals surface area contributed by atoms with E-state index in [2.05, 4.69) is 10.3 Å². The first-order valence-electron chi connectivity index (χ1n) is 7.87. The van der Waals surface area contributed by atoms with Crippen molar-refractivity contribution in [2.24, 2.45) is 0 Å². The van der Waals surface area contributed by atoms with Crippen LogP contribution in [0.3, 0.4) is 0 Å². The van der Waals surface area contributed by atoms with E-state index in [4.69, 9.17) is 11.6 Å². The summed E-state index contributed by atoms with van der Waals surface area (Å²) in [6.45, 7) is 0. The molecule has 0 radical (unpaired) electrons. The van der Waals surface area contributed by atoms with Crippen LogP contribution < -0.4 is 10.3 Å². The average Bonchev–Trinajstić information content (AvgIpc) is 2.61. The number of benzene rings is 2. The van der Waals surface area contributed by atoms with Gasteiger partial charge in [0.2, 0.25) is 5.69 Å². The molecule has 0 heterocycles. The van der Waals surface area contributed by atoms with Crippen molar-refractivity contribution in [3.8, 4) is 0 Å². The minimum atomic E-state index is 0.850. The van der Waals surface area contributed by atoms with E-state index >= 15 is 0 Å². The minimum absolute atomic E-state index is 0.850. The number of anilines is 1. The normalized spacial score (nSPS) is 17.0. The Morgan fingerprint density at radius 3 is 2.35 bits per heavy atom. The molecule has 116 valence electrons. The van der Waals surface area contributed by atoms with Crippen molar-refractivity contribution in [3.05, 3.63) is 83.0 Å². The summed E-state index contributed by atoms with van der Waals surface area (Å²) in [5.74, 6) is 0. The molecular weight excluding hydrogens is 304 g/mol. The second-order valence-corrected chi connectivity index (χ2v) is 5.91. The maximum Gasteiger partial charge on any atom is 0.203 e. The van der Waals surface area contributed by atoms with Crippen LogP contribution in [0.1, 0.15) is 19.3 Å². The Morgan fingerprint density at radius 1 is 0.913 bits per heavy atom. The molecule has 0 saturated heterocycles. The van der Waals surface area contributed by atoms with Crippen LogP contribution in [0.25, 0.3) is 0 Å². The van der Waals surface area contributed by atoms with Crippen molar-refractivity contribution in [3.63, 3.8) is 0 Å². The summed E-state index contributed by atoms with van der Waals surface area (Å²) in [5.41, 5.74) is 4.46. The molecule has 2 N–H and O–H groups in total. The van der Waals surface area contributed by atoms with Gasteiger partial charge in [-0.3, -0.25) is 0 Å². The standard InChI is InChI=1S/C20H19ClN2/c21-20-16(14-22-18-10-3-1-4-11-18)8-7-9-17(20)15-23-19-12-5-2-6-13-19/h1-6,10-15,22H,7-9H2/p+1/b16-14-,23-15?. The van der Waals surface area contributed by atoms with Crippen molar-refractivity contribution in [2.75, 3.05) is 5.32 Å². The second kappa shape index (κ2) is 7.80. The van der Waals surface area contributed by atoms with Crippen molar-refractivity contribution < 1.29 is 4.99 Å². The fourth-order valence-electron chi connectivity index (χ4n) is 2.58. The predicted octanol–water partition coefficient (Wildman–Crippen LogP) is 4.14. The average molecular weight is 324 g/mol. The first kappa shape index (κ1) is 15.6. The van der Waals surface area contributed by atoms with Crippen LogP contribution in [0.15, 0.2) is 83.0 Å². The van der Waals surface area contributed by atoms with Gasteiger partial charge in [0.05, 0.1) is 5.03 Å².